The standard InChI is InChI=1S/C30H48O5SSi2/c1-12-22(17-28(31)32)25-16-27(36-21-25)20-33-26-14-13-23(18-34-37(8,9)29(2,3)4)24(15-26)19-35-38(10,11)30(5,6)7/h13-17,21H,12,18-20H2,1-11H3,(H,31,32)/b22-17+. The first-order valence-corrected chi connectivity index (χ1v) is 20.1. The Morgan fingerprint density at radius 1 is 0.895 bits per heavy atom. The number of carbonyl (C=O) groups is 1. The van der Waals surface area contributed by atoms with Gasteiger partial charge in [-0.3, -0.25) is 0 Å². The third kappa shape index (κ3) is 8.91. The van der Waals surface area contributed by atoms with Crippen LogP contribution < -0.4 is 4.74 Å². The fourth-order valence-corrected chi connectivity index (χ4v) is 5.95. The summed E-state index contributed by atoms with van der Waals surface area (Å²) in [5.41, 5.74) is 4.01. The molecule has 0 unspecified atom stereocenters. The molecule has 2 aromatic rings. The van der Waals surface area contributed by atoms with Crippen LogP contribution in [-0.4, -0.2) is 27.7 Å². The zero-order valence-electron chi connectivity index (χ0n) is 25.3. The summed E-state index contributed by atoms with van der Waals surface area (Å²) in [6.45, 7) is 26.1. The Labute approximate surface area is 236 Å². The third-order valence-electron chi connectivity index (χ3n) is 8.05. The molecule has 38 heavy (non-hydrogen) atoms. The van der Waals surface area contributed by atoms with Gasteiger partial charge in [-0.25, -0.2) is 4.79 Å². The number of allylic oxidation sites excluding steroid dienone is 1. The van der Waals surface area contributed by atoms with Crippen molar-refractivity contribution in [2.24, 2.45) is 0 Å². The lowest BCUT2D eigenvalue weighted by molar-refractivity contribution is -0.131. The third-order valence-corrected chi connectivity index (χ3v) is 17.9. The number of thiophene rings is 1. The highest BCUT2D eigenvalue weighted by Crippen LogP contribution is 2.39. The molecule has 1 aromatic carbocycles. The van der Waals surface area contributed by atoms with Crippen molar-refractivity contribution in [2.75, 3.05) is 0 Å². The van der Waals surface area contributed by atoms with Crippen molar-refractivity contribution in [3.63, 3.8) is 0 Å². The van der Waals surface area contributed by atoms with Gasteiger partial charge >= 0.3 is 5.97 Å². The molecule has 0 fully saturated rings. The van der Waals surface area contributed by atoms with Gasteiger partial charge in [-0.15, -0.1) is 11.3 Å². The number of ether oxygens (including phenoxy) is 1. The zero-order valence-corrected chi connectivity index (χ0v) is 28.1. The van der Waals surface area contributed by atoms with Crippen LogP contribution in [-0.2, 0) is 33.5 Å². The summed E-state index contributed by atoms with van der Waals surface area (Å²) in [6, 6.07) is 8.23. The van der Waals surface area contributed by atoms with E-state index in [1.165, 1.54) is 6.08 Å². The number of carboxylic acids is 1. The summed E-state index contributed by atoms with van der Waals surface area (Å²) in [7, 11) is -3.83. The van der Waals surface area contributed by atoms with E-state index in [2.05, 4.69) is 79.9 Å². The minimum atomic E-state index is -1.93. The predicted molar refractivity (Wildman–Crippen MR) is 165 cm³/mol. The Balaban J connectivity index is 2.25. The predicted octanol–water partition coefficient (Wildman–Crippen LogP) is 9.25. The van der Waals surface area contributed by atoms with Crippen LogP contribution in [0.2, 0.25) is 36.3 Å². The molecule has 0 bridgehead atoms. The maximum absolute atomic E-state index is 11.1. The minimum absolute atomic E-state index is 0.127. The maximum Gasteiger partial charge on any atom is 0.328 e. The molecule has 5 nitrogen and oxygen atoms in total. The fraction of sp³-hybridized carbons (Fsp3) is 0.567. The average Bonchev–Trinajstić information content (AvgIpc) is 3.26. The Morgan fingerprint density at radius 2 is 1.45 bits per heavy atom. The number of hydrogen-bond donors (Lipinski definition) is 1. The molecule has 1 aromatic heterocycles. The van der Waals surface area contributed by atoms with Gasteiger partial charge in [0, 0.05) is 11.0 Å². The van der Waals surface area contributed by atoms with Crippen LogP contribution in [0.5, 0.6) is 5.75 Å². The van der Waals surface area contributed by atoms with Crippen LogP contribution in [0.4, 0.5) is 0 Å². The first-order valence-electron chi connectivity index (χ1n) is 13.4. The van der Waals surface area contributed by atoms with Gasteiger partial charge in [-0.2, -0.15) is 0 Å². The fourth-order valence-electron chi connectivity index (χ4n) is 3.23. The van der Waals surface area contributed by atoms with Crippen molar-refractivity contribution in [3.8, 4) is 5.75 Å². The molecule has 0 radical (unpaired) electrons. The molecule has 0 saturated heterocycles. The van der Waals surface area contributed by atoms with Crippen LogP contribution in [0.25, 0.3) is 5.57 Å². The number of hydrogen-bond acceptors (Lipinski definition) is 5. The van der Waals surface area contributed by atoms with Gasteiger partial charge in [0.15, 0.2) is 16.6 Å². The minimum Gasteiger partial charge on any atom is -0.488 e. The highest BCUT2D eigenvalue weighted by atomic mass is 32.1. The van der Waals surface area contributed by atoms with Crippen molar-refractivity contribution < 1.29 is 23.5 Å². The molecule has 1 heterocycles. The molecule has 0 aliphatic carbocycles. The highest BCUT2D eigenvalue weighted by Gasteiger charge is 2.38. The molecule has 0 amide bonds. The van der Waals surface area contributed by atoms with Crippen molar-refractivity contribution in [2.45, 2.75) is 111 Å². The lowest BCUT2D eigenvalue weighted by Gasteiger charge is -2.37. The normalized spacial score (nSPS) is 13.6. The van der Waals surface area contributed by atoms with Gasteiger partial charge in [-0.1, -0.05) is 54.5 Å². The van der Waals surface area contributed by atoms with Gasteiger partial charge < -0.3 is 18.7 Å². The van der Waals surface area contributed by atoms with E-state index < -0.39 is 22.6 Å². The largest absolute Gasteiger partial charge is 0.488 e. The average molecular weight is 577 g/mol. The number of aliphatic carboxylic acids is 1. The molecule has 2 rings (SSSR count). The van der Waals surface area contributed by atoms with E-state index in [0.29, 0.717) is 26.2 Å². The van der Waals surface area contributed by atoms with Crippen LogP contribution in [0.15, 0.2) is 35.7 Å². The van der Waals surface area contributed by atoms with E-state index in [1.807, 2.05) is 24.4 Å². The van der Waals surface area contributed by atoms with Crippen molar-refractivity contribution in [3.05, 3.63) is 57.3 Å². The molecule has 0 aliphatic rings. The first kappa shape index (κ1) is 32.5. The molecular formula is C30H48O5SSi2. The Bertz CT molecular complexity index is 1120. The number of benzene rings is 1. The van der Waals surface area contributed by atoms with E-state index in [4.69, 9.17) is 18.7 Å². The monoisotopic (exact) mass is 576 g/mol. The second-order valence-corrected chi connectivity index (χ2v) is 23.6. The van der Waals surface area contributed by atoms with Crippen molar-refractivity contribution >= 4 is 39.5 Å². The molecule has 0 atom stereocenters. The Morgan fingerprint density at radius 3 is 1.95 bits per heavy atom. The first-order chi connectivity index (χ1) is 17.4. The topological polar surface area (TPSA) is 65.0 Å². The van der Waals surface area contributed by atoms with Crippen LogP contribution in [0, 0.1) is 0 Å². The molecular weight excluding hydrogens is 529 g/mol. The summed E-state index contributed by atoms with van der Waals surface area (Å²) < 4.78 is 19.4. The van der Waals surface area contributed by atoms with E-state index in [-0.39, 0.29) is 10.1 Å². The van der Waals surface area contributed by atoms with E-state index in [9.17, 15) is 4.79 Å². The summed E-state index contributed by atoms with van der Waals surface area (Å²) in [5, 5.41) is 11.4. The maximum atomic E-state index is 11.1. The second kappa shape index (κ2) is 12.6. The molecule has 0 saturated carbocycles. The van der Waals surface area contributed by atoms with E-state index in [1.54, 1.807) is 11.3 Å². The molecule has 8 heteroatoms. The van der Waals surface area contributed by atoms with Crippen molar-refractivity contribution in [1.82, 2.24) is 0 Å². The van der Waals surface area contributed by atoms with Gasteiger partial charge in [0.1, 0.15) is 12.4 Å². The van der Waals surface area contributed by atoms with Crippen molar-refractivity contribution in [1.29, 1.82) is 0 Å². The molecule has 0 spiro atoms. The number of rotatable bonds is 12. The van der Waals surface area contributed by atoms with E-state index >= 15 is 0 Å². The van der Waals surface area contributed by atoms with Crippen LogP contribution >= 0.6 is 11.3 Å². The lowest BCUT2D eigenvalue weighted by atomic mass is 10.1. The van der Waals surface area contributed by atoms with Gasteiger partial charge in [0.25, 0.3) is 0 Å². The van der Waals surface area contributed by atoms with Gasteiger partial charge in [-0.05, 0) is 88.5 Å². The van der Waals surface area contributed by atoms with Crippen LogP contribution in [0.1, 0.15) is 76.5 Å². The smallest absolute Gasteiger partial charge is 0.328 e. The van der Waals surface area contributed by atoms with Crippen LogP contribution in [0.3, 0.4) is 0 Å². The zero-order chi connectivity index (χ0) is 28.9. The molecule has 0 aliphatic heterocycles. The lowest BCUT2D eigenvalue weighted by Crippen LogP contribution is -2.41. The highest BCUT2D eigenvalue weighted by molar-refractivity contribution is 7.10. The molecule has 212 valence electrons. The Hall–Kier alpha value is -1.72. The summed E-state index contributed by atoms with van der Waals surface area (Å²) in [6.07, 6.45) is 1.95. The summed E-state index contributed by atoms with van der Waals surface area (Å²) in [5.74, 6) is -0.127. The molecule has 1 N–H and O–H groups in total. The van der Waals surface area contributed by atoms with E-state index in [0.717, 1.165) is 32.9 Å². The number of carboxylic acid groups (broad SMARTS) is 1. The second-order valence-electron chi connectivity index (χ2n) is 13.0. The quantitative estimate of drug-likeness (QED) is 0.201. The van der Waals surface area contributed by atoms with Gasteiger partial charge in [0.05, 0.1) is 13.2 Å². The summed E-state index contributed by atoms with van der Waals surface area (Å²) >= 11 is 1.58. The van der Waals surface area contributed by atoms with Gasteiger partial charge in [0.2, 0.25) is 0 Å². The SMILES string of the molecule is CC/C(=C\C(=O)O)c1csc(COc2ccc(CO[Si](C)(C)C(C)(C)C)c(CO[Si](C)(C)C(C)(C)C)c2)c1. The Kier molecular flexibility index (Phi) is 10.8. The summed E-state index contributed by atoms with van der Waals surface area (Å²) in [4.78, 5) is 12.2.